The fraction of sp³-hybridized carbons (Fsp3) is 0.312. The molecule has 0 unspecified atom stereocenters. The van der Waals surface area contributed by atoms with Gasteiger partial charge in [0.05, 0.1) is 11.6 Å². The van der Waals surface area contributed by atoms with Gasteiger partial charge in [0.2, 0.25) is 0 Å². The Bertz CT molecular complexity index is 563. The van der Waals surface area contributed by atoms with Crippen LogP contribution in [0.5, 0.6) is 5.75 Å². The van der Waals surface area contributed by atoms with Crippen molar-refractivity contribution in [3.05, 3.63) is 47.6 Å². The Morgan fingerprint density at radius 2 is 2.11 bits per heavy atom. The van der Waals surface area contributed by atoms with Crippen molar-refractivity contribution in [2.45, 2.75) is 26.7 Å². The van der Waals surface area contributed by atoms with Gasteiger partial charge in [-0.2, -0.15) is 5.26 Å². The Kier molecular flexibility index (Phi) is 3.25. The third-order valence-electron chi connectivity index (χ3n) is 3.80. The van der Waals surface area contributed by atoms with Gasteiger partial charge >= 0.3 is 0 Å². The van der Waals surface area contributed by atoms with Crippen LogP contribution in [-0.2, 0) is 0 Å². The molecule has 92 valence electrons. The Balaban J connectivity index is 2.70. The second-order valence-corrected chi connectivity index (χ2v) is 4.94. The average Bonchev–Trinajstić information content (AvgIpc) is 2.39. The molecule has 0 radical (unpaired) electrons. The van der Waals surface area contributed by atoms with Crippen LogP contribution in [0.4, 0.5) is 0 Å². The SMILES string of the molecule is CC[C@@]1(C)CC=CC(C#N)=C1c1ccccc1O. The number of rotatable bonds is 2. The van der Waals surface area contributed by atoms with Crippen molar-refractivity contribution < 1.29 is 5.11 Å². The van der Waals surface area contributed by atoms with E-state index in [0.717, 1.165) is 24.0 Å². The van der Waals surface area contributed by atoms with Crippen molar-refractivity contribution >= 4 is 5.57 Å². The summed E-state index contributed by atoms with van der Waals surface area (Å²) < 4.78 is 0. The molecule has 1 aromatic carbocycles. The van der Waals surface area contributed by atoms with E-state index in [1.807, 2.05) is 24.3 Å². The molecule has 0 saturated heterocycles. The van der Waals surface area contributed by atoms with E-state index in [4.69, 9.17) is 0 Å². The molecule has 0 bridgehead atoms. The first-order chi connectivity index (χ1) is 8.62. The van der Waals surface area contributed by atoms with Gasteiger partial charge in [-0.3, -0.25) is 0 Å². The number of hydrogen-bond donors (Lipinski definition) is 1. The number of para-hydroxylation sites is 1. The Morgan fingerprint density at radius 1 is 1.39 bits per heavy atom. The molecule has 1 atom stereocenters. The number of benzene rings is 1. The van der Waals surface area contributed by atoms with Crippen LogP contribution in [0, 0.1) is 16.7 Å². The maximum absolute atomic E-state index is 10.0. The number of aromatic hydroxyl groups is 1. The normalized spacial score (nSPS) is 22.9. The maximum atomic E-state index is 10.0. The summed E-state index contributed by atoms with van der Waals surface area (Å²) >= 11 is 0. The number of nitriles is 1. The van der Waals surface area contributed by atoms with Crippen LogP contribution in [0.15, 0.2) is 42.0 Å². The molecular weight excluding hydrogens is 222 g/mol. The number of nitrogens with zero attached hydrogens (tertiary/aromatic N) is 1. The van der Waals surface area contributed by atoms with Gasteiger partial charge in [0.25, 0.3) is 0 Å². The first kappa shape index (κ1) is 12.4. The molecule has 18 heavy (non-hydrogen) atoms. The molecule has 2 rings (SSSR count). The summed E-state index contributed by atoms with van der Waals surface area (Å²) in [5.74, 6) is 0.246. The van der Waals surface area contributed by atoms with Crippen LogP contribution >= 0.6 is 0 Å². The van der Waals surface area contributed by atoms with Crippen molar-refractivity contribution in [3.63, 3.8) is 0 Å². The summed E-state index contributed by atoms with van der Waals surface area (Å²) in [7, 11) is 0. The second-order valence-electron chi connectivity index (χ2n) is 4.94. The minimum absolute atomic E-state index is 0.0847. The molecule has 0 fully saturated rings. The van der Waals surface area contributed by atoms with E-state index >= 15 is 0 Å². The summed E-state index contributed by atoms with van der Waals surface area (Å²) in [6.45, 7) is 4.27. The molecule has 2 nitrogen and oxygen atoms in total. The lowest BCUT2D eigenvalue weighted by molar-refractivity contribution is 0.424. The summed E-state index contributed by atoms with van der Waals surface area (Å²) in [6, 6.07) is 9.50. The van der Waals surface area contributed by atoms with Gasteiger partial charge in [0, 0.05) is 5.56 Å². The molecule has 1 aromatic rings. The molecule has 0 saturated carbocycles. The Morgan fingerprint density at radius 3 is 2.72 bits per heavy atom. The highest BCUT2D eigenvalue weighted by Gasteiger charge is 2.32. The van der Waals surface area contributed by atoms with Gasteiger partial charge in [-0.05, 0) is 36.0 Å². The third-order valence-corrected chi connectivity index (χ3v) is 3.80. The van der Waals surface area contributed by atoms with Gasteiger partial charge in [-0.15, -0.1) is 0 Å². The first-order valence-electron chi connectivity index (χ1n) is 6.22. The van der Waals surface area contributed by atoms with Crippen molar-refractivity contribution in [1.29, 1.82) is 5.26 Å². The van der Waals surface area contributed by atoms with Crippen LogP contribution < -0.4 is 0 Å². The standard InChI is InChI=1S/C16H17NO/c1-3-16(2)10-6-7-12(11-17)15(16)13-8-4-5-9-14(13)18/h4-9,18H,3,10H2,1-2H3/t16-/m0/s1. The lowest BCUT2D eigenvalue weighted by Gasteiger charge is -2.34. The zero-order valence-electron chi connectivity index (χ0n) is 10.8. The molecule has 0 aliphatic heterocycles. The fourth-order valence-corrected chi connectivity index (χ4v) is 2.52. The van der Waals surface area contributed by atoms with Crippen LogP contribution in [-0.4, -0.2) is 5.11 Å². The predicted molar refractivity (Wildman–Crippen MR) is 72.8 cm³/mol. The lowest BCUT2D eigenvalue weighted by Crippen LogP contribution is -2.20. The second kappa shape index (κ2) is 4.70. The zero-order chi connectivity index (χ0) is 13.2. The van der Waals surface area contributed by atoms with E-state index in [2.05, 4.69) is 19.9 Å². The van der Waals surface area contributed by atoms with Crippen LogP contribution in [0.25, 0.3) is 5.57 Å². The fourth-order valence-electron chi connectivity index (χ4n) is 2.52. The molecule has 0 aromatic heterocycles. The topological polar surface area (TPSA) is 44.0 Å². The summed E-state index contributed by atoms with van der Waals surface area (Å²) in [5, 5.41) is 19.3. The molecule has 0 heterocycles. The highest BCUT2D eigenvalue weighted by Crippen LogP contribution is 2.47. The lowest BCUT2D eigenvalue weighted by atomic mass is 9.69. The minimum Gasteiger partial charge on any atom is -0.507 e. The molecule has 1 N–H and O–H groups in total. The molecule has 0 spiro atoms. The van der Waals surface area contributed by atoms with Crippen LogP contribution in [0.3, 0.4) is 0 Å². The number of phenols is 1. The van der Waals surface area contributed by atoms with Crippen molar-refractivity contribution in [1.82, 2.24) is 0 Å². The Labute approximate surface area is 108 Å². The van der Waals surface area contributed by atoms with Gasteiger partial charge in [0.1, 0.15) is 5.75 Å². The maximum Gasteiger partial charge on any atom is 0.123 e. The van der Waals surface area contributed by atoms with Gasteiger partial charge in [0.15, 0.2) is 0 Å². The van der Waals surface area contributed by atoms with E-state index in [0.29, 0.717) is 5.57 Å². The number of allylic oxidation sites excluding steroid dienone is 4. The summed E-state index contributed by atoms with van der Waals surface area (Å²) in [6.07, 6.45) is 5.75. The number of phenolic OH excluding ortho intramolecular Hbond substituents is 1. The van der Waals surface area contributed by atoms with Gasteiger partial charge in [-0.1, -0.05) is 38.1 Å². The third kappa shape index (κ3) is 1.93. The molecule has 1 aliphatic carbocycles. The van der Waals surface area contributed by atoms with Crippen molar-refractivity contribution in [2.75, 3.05) is 0 Å². The molecule has 2 heteroatoms. The quantitative estimate of drug-likeness (QED) is 0.846. The van der Waals surface area contributed by atoms with Gasteiger partial charge < -0.3 is 5.11 Å². The molecule has 0 amide bonds. The van der Waals surface area contributed by atoms with E-state index in [-0.39, 0.29) is 11.2 Å². The number of hydrogen-bond acceptors (Lipinski definition) is 2. The minimum atomic E-state index is -0.0847. The molecular formula is C16H17NO. The average molecular weight is 239 g/mol. The van der Waals surface area contributed by atoms with Crippen molar-refractivity contribution in [2.24, 2.45) is 5.41 Å². The highest BCUT2D eigenvalue weighted by molar-refractivity contribution is 5.82. The van der Waals surface area contributed by atoms with Crippen molar-refractivity contribution in [3.8, 4) is 11.8 Å². The van der Waals surface area contributed by atoms with E-state index < -0.39 is 0 Å². The smallest absolute Gasteiger partial charge is 0.123 e. The van der Waals surface area contributed by atoms with E-state index in [1.54, 1.807) is 12.1 Å². The predicted octanol–water partition coefficient (Wildman–Crippen LogP) is 4.05. The Hall–Kier alpha value is -2.01. The highest BCUT2D eigenvalue weighted by atomic mass is 16.3. The monoisotopic (exact) mass is 239 g/mol. The largest absolute Gasteiger partial charge is 0.507 e. The van der Waals surface area contributed by atoms with Gasteiger partial charge in [-0.25, -0.2) is 0 Å². The van der Waals surface area contributed by atoms with Crippen LogP contribution in [0.1, 0.15) is 32.3 Å². The first-order valence-corrected chi connectivity index (χ1v) is 6.22. The molecule has 1 aliphatic rings. The summed E-state index contributed by atoms with van der Waals surface area (Å²) in [4.78, 5) is 0. The zero-order valence-corrected chi connectivity index (χ0v) is 10.8. The summed E-state index contributed by atoms with van der Waals surface area (Å²) in [5.41, 5.74) is 2.32. The van der Waals surface area contributed by atoms with E-state index in [9.17, 15) is 10.4 Å². The van der Waals surface area contributed by atoms with Crippen LogP contribution in [0.2, 0.25) is 0 Å². The van der Waals surface area contributed by atoms with E-state index in [1.165, 1.54) is 0 Å².